The largest absolute Gasteiger partial charge is 0.453 e. The zero-order chi connectivity index (χ0) is 15.9. The zero-order valence-corrected chi connectivity index (χ0v) is 13.7. The van der Waals surface area contributed by atoms with E-state index in [2.05, 4.69) is 0 Å². The highest BCUT2D eigenvalue weighted by atomic mass is 35.5. The highest BCUT2D eigenvalue weighted by Gasteiger charge is 2.15. The van der Waals surface area contributed by atoms with E-state index in [0.29, 0.717) is 20.5 Å². The molecule has 0 saturated heterocycles. The molecule has 3 aromatic rings. The lowest BCUT2D eigenvalue weighted by Gasteiger charge is -2.11. The van der Waals surface area contributed by atoms with Gasteiger partial charge >= 0.3 is 5.63 Å². The highest BCUT2D eigenvalue weighted by Crippen LogP contribution is 2.39. The van der Waals surface area contributed by atoms with Gasteiger partial charge in [0.2, 0.25) is 0 Å². The molecule has 0 aliphatic heterocycles. The fraction of sp³-hybridized carbons (Fsp3) is 0. The van der Waals surface area contributed by atoms with Crippen LogP contribution in [0.2, 0.25) is 20.1 Å². The molecule has 1 aromatic heterocycles. The van der Waals surface area contributed by atoms with Gasteiger partial charge in [-0.25, -0.2) is 4.79 Å². The maximum Gasteiger partial charge on any atom is 0.340 e. The van der Waals surface area contributed by atoms with Gasteiger partial charge in [0.05, 0.1) is 26.5 Å². The van der Waals surface area contributed by atoms with Gasteiger partial charge in [0.15, 0.2) is 11.3 Å². The van der Waals surface area contributed by atoms with Gasteiger partial charge in [0.25, 0.3) is 0 Å². The second kappa shape index (κ2) is 6.01. The van der Waals surface area contributed by atoms with E-state index in [-0.39, 0.29) is 22.1 Å². The van der Waals surface area contributed by atoms with E-state index < -0.39 is 5.63 Å². The summed E-state index contributed by atoms with van der Waals surface area (Å²) in [5, 5.41) is 1.63. The first kappa shape index (κ1) is 15.5. The fourth-order valence-corrected chi connectivity index (χ4v) is 2.94. The Morgan fingerprint density at radius 2 is 1.59 bits per heavy atom. The third-order valence-electron chi connectivity index (χ3n) is 2.86. The maximum absolute atomic E-state index is 11.7. The third kappa shape index (κ3) is 2.90. The van der Waals surface area contributed by atoms with Crippen LogP contribution >= 0.6 is 46.4 Å². The van der Waals surface area contributed by atoms with Crippen molar-refractivity contribution in [1.82, 2.24) is 0 Å². The lowest BCUT2D eigenvalue weighted by Crippen LogP contribution is -1.99. The van der Waals surface area contributed by atoms with Gasteiger partial charge < -0.3 is 9.15 Å². The van der Waals surface area contributed by atoms with Crippen molar-refractivity contribution in [2.75, 3.05) is 0 Å². The Hall–Kier alpha value is -1.39. The Morgan fingerprint density at radius 3 is 2.27 bits per heavy atom. The van der Waals surface area contributed by atoms with Crippen molar-refractivity contribution in [1.29, 1.82) is 0 Å². The lowest BCUT2D eigenvalue weighted by atomic mass is 10.2. The van der Waals surface area contributed by atoms with Crippen LogP contribution in [0.5, 0.6) is 11.5 Å². The Bertz CT molecular complexity index is 914. The van der Waals surface area contributed by atoms with E-state index in [9.17, 15) is 4.79 Å². The second-order valence-corrected chi connectivity index (χ2v) is 6.00. The first-order valence-corrected chi connectivity index (χ1v) is 7.51. The molecule has 0 bridgehead atoms. The summed E-state index contributed by atoms with van der Waals surface area (Å²) in [5.41, 5.74) is -0.438. The number of hydrogen-bond acceptors (Lipinski definition) is 3. The Morgan fingerprint density at radius 1 is 0.909 bits per heavy atom. The van der Waals surface area contributed by atoms with E-state index in [1.54, 1.807) is 24.3 Å². The van der Waals surface area contributed by atoms with Crippen LogP contribution in [-0.2, 0) is 0 Å². The molecule has 0 amide bonds. The van der Waals surface area contributed by atoms with Crippen molar-refractivity contribution in [3.05, 3.63) is 66.9 Å². The molecule has 3 nitrogen and oxygen atoms in total. The van der Waals surface area contributed by atoms with Gasteiger partial charge in [-0.05, 0) is 24.3 Å². The molecule has 22 heavy (non-hydrogen) atoms. The van der Waals surface area contributed by atoms with Crippen molar-refractivity contribution in [2.45, 2.75) is 0 Å². The lowest BCUT2D eigenvalue weighted by molar-refractivity contribution is 0.475. The Kier molecular flexibility index (Phi) is 4.24. The summed E-state index contributed by atoms with van der Waals surface area (Å²) in [5.74, 6) is 0.430. The molecule has 0 radical (unpaired) electrons. The van der Waals surface area contributed by atoms with Crippen LogP contribution in [0.1, 0.15) is 0 Å². The molecule has 3 rings (SSSR count). The van der Waals surface area contributed by atoms with Crippen LogP contribution in [0.25, 0.3) is 11.0 Å². The quantitative estimate of drug-likeness (QED) is 0.500. The number of ether oxygens (including phenoxy) is 1. The van der Waals surface area contributed by atoms with Crippen LogP contribution in [0.3, 0.4) is 0 Å². The van der Waals surface area contributed by atoms with Crippen molar-refractivity contribution in [3.8, 4) is 11.5 Å². The second-order valence-electron chi connectivity index (χ2n) is 4.35. The molecule has 112 valence electrons. The molecule has 0 fully saturated rings. The molecule has 0 aliphatic carbocycles. The average molecular weight is 376 g/mol. The van der Waals surface area contributed by atoms with E-state index in [4.69, 9.17) is 55.6 Å². The number of fused-ring (bicyclic) bond motifs is 1. The molecule has 0 saturated carbocycles. The predicted molar refractivity (Wildman–Crippen MR) is 89.0 cm³/mol. The summed E-state index contributed by atoms with van der Waals surface area (Å²) in [6.07, 6.45) is 0. The van der Waals surface area contributed by atoms with Crippen LogP contribution in [0.15, 0.2) is 45.6 Å². The molecule has 0 unspecified atom stereocenters. The molecule has 0 N–H and O–H groups in total. The first-order valence-electron chi connectivity index (χ1n) is 6.00. The summed E-state index contributed by atoms with van der Waals surface area (Å²) in [4.78, 5) is 11.7. The third-order valence-corrected chi connectivity index (χ3v) is 3.95. The minimum absolute atomic E-state index is 0.178. The summed E-state index contributed by atoms with van der Waals surface area (Å²) < 4.78 is 10.8. The van der Waals surface area contributed by atoms with Gasteiger partial charge in [-0.15, -0.1) is 0 Å². The number of para-hydroxylation sites is 1. The molecule has 1 heterocycles. The predicted octanol–water partition coefficient (Wildman–Crippen LogP) is 6.20. The van der Waals surface area contributed by atoms with Crippen molar-refractivity contribution in [2.24, 2.45) is 0 Å². The standard InChI is InChI=1S/C15H6Cl4O3/c16-7-4-8-12(6-13(20)22-14(8)11(19)5-7)21-15-9(17)2-1-3-10(15)18/h1-6H. The fourth-order valence-electron chi connectivity index (χ4n) is 1.94. The number of hydrogen-bond donors (Lipinski definition) is 0. The van der Waals surface area contributed by atoms with Gasteiger partial charge in [0.1, 0.15) is 5.75 Å². The summed E-state index contributed by atoms with van der Waals surface area (Å²) in [6, 6.07) is 9.15. The van der Waals surface area contributed by atoms with Gasteiger partial charge in [0, 0.05) is 5.02 Å². The highest BCUT2D eigenvalue weighted by molar-refractivity contribution is 6.38. The normalized spacial score (nSPS) is 10.9. The van der Waals surface area contributed by atoms with Crippen LogP contribution in [0, 0.1) is 0 Å². The summed E-state index contributed by atoms with van der Waals surface area (Å²) in [6.45, 7) is 0. The molecule has 2 aromatic carbocycles. The molecule has 0 spiro atoms. The minimum Gasteiger partial charge on any atom is -0.453 e. The van der Waals surface area contributed by atoms with Gasteiger partial charge in [-0.3, -0.25) is 0 Å². The van der Waals surface area contributed by atoms with Crippen molar-refractivity contribution >= 4 is 57.4 Å². The molecule has 7 heteroatoms. The van der Waals surface area contributed by atoms with Crippen LogP contribution < -0.4 is 10.4 Å². The van der Waals surface area contributed by atoms with Crippen molar-refractivity contribution < 1.29 is 9.15 Å². The zero-order valence-electron chi connectivity index (χ0n) is 10.7. The van der Waals surface area contributed by atoms with Crippen LogP contribution in [-0.4, -0.2) is 0 Å². The summed E-state index contributed by atoms with van der Waals surface area (Å²) >= 11 is 24.2. The van der Waals surface area contributed by atoms with Crippen LogP contribution in [0.4, 0.5) is 0 Å². The molecule has 0 aliphatic rings. The molecular formula is C15H6Cl4O3. The first-order chi connectivity index (χ1) is 10.5. The van der Waals surface area contributed by atoms with E-state index in [1.807, 2.05) is 0 Å². The number of benzene rings is 2. The van der Waals surface area contributed by atoms with E-state index in [1.165, 1.54) is 12.1 Å². The summed E-state index contributed by atoms with van der Waals surface area (Å²) in [7, 11) is 0. The number of halogens is 4. The van der Waals surface area contributed by atoms with E-state index in [0.717, 1.165) is 0 Å². The topological polar surface area (TPSA) is 39.4 Å². The average Bonchev–Trinajstić information content (AvgIpc) is 2.44. The molecule has 0 atom stereocenters. The Labute approximate surface area is 144 Å². The SMILES string of the molecule is O=c1cc(Oc2c(Cl)cccc2Cl)c2cc(Cl)cc(Cl)c2o1. The van der Waals surface area contributed by atoms with E-state index >= 15 is 0 Å². The van der Waals surface area contributed by atoms with Crippen molar-refractivity contribution in [3.63, 3.8) is 0 Å². The monoisotopic (exact) mass is 374 g/mol. The smallest absolute Gasteiger partial charge is 0.340 e. The maximum atomic E-state index is 11.7. The van der Waals surface area contributed by atoms with Gasteiger partial charge in [-0.1, -0.05) is 52.5 Å². The number of rotatable bonds is 2. The minimum atomic E-state index is -0.616. The Balaban J connectivity index is 2.25. The molecular weight excluding hydrogens is 370 g/mol. The van der Waals surface area contributed by atoms with Gasteiger partial charge in [-0.2, -0.15) is 0 Å².